The summed E-state index contributed by atoms with van der Waals surface area (Å²) in [5.41, 5.74) is 1.38. The number of anilines is 1. The van der Waals surface area contributed by atoms with Crippen LogP contribution < -0.4 is 10.1 Å². The fourth-order valence-corrected chi connectivity index (χ4v) is 4.40. The second kappa shape index (κ2) is 9.16. The predicted octanol–water partition coefficient (Wildman–Crippen LogP) is 3.46. The van der Waals surface area contributed by atoms with Gasteiger partial charge in [-0.05, 0) is 44.5 Å². The van der Waals surface area contributed by atoms with Crippen molar-refractivity contribution >= 4 is 21.6 Å². The van der Waals surface area contributed by atoms with E-state index in [-0.39, 0.29) is 16.9 Å². The minimum atomic E-state index is -3.62. The monoisotopic (exact) mass is 405 g/mol. The van der Waals surface area contributed by atoms with Crippen LogP contribution in [0.5, 0.6) is 5.88 Å². The molecule has 0 aliphatic carbocycles. The van der Waals surface area contributed by atoms with E-state index in [9.17, 15) is 13.2 Å². The first-order valence-electron chi connectivity index (χ1n) is 9.23. The molecule has 0 bridgehead atoms. The van der Waals surface area contributed by atoms with Gasteiger partial charge in [0.05, 0.1) is 16.6 Å². The molecule has 0 unspecified atom stereocenters. The molecule has 1 aromatic carbocycles. The third-order valence-corrected chi connectivity index (χ3v) is 6.32. The van der Waals surface area contributed by atoms with E-state index in [1.54, 1.807) is 45.0 Å². The van der Waals surface area contributed by atoms with Crippen LogP contribution in [0.4, 0.5) is 5.69 Å². The Morgan fingerprint density at radius 2 is 1.86 bits per heavy atom. The average molecular weight is 406 g/mol. The molecule has 0 radical (unpaired) electrons. The first-order valence-corrected chi connectivity index (χ1v) is 10.7. The van der Waals surface area contributed by atoms with Gasteiger partial charge >= 0.3 is 0 Å². The number of hydrogen-bond donors (Lipinski definition) is 1. The Balaban J connectivity index is 2.24. The van der Waals surface area contributed by atoms with Crippen molar-refractivity contribution in [3.8, 4) is 5.88 Å². The Bertz CT molecular complexity index is 921. The van der Waals surface area contributed by atoms with Gasteiger partial charge in [0.25, 0.3) is 5.91 Å². The van der Waals surface area contributed by atoms with E-state index in [1.165, 1.54) is 16.6 Å². The molecule has 2 rings (SSSR count). The largest absolute Gasteiger partial charge is 0.475 e. The van der Waals surface area contributed by atoms with Crippen LogP contribution >= 0.6 is 0 Å². The molecule has 0 atom stereocenters. The zero-order valence-electron chi connectivity index (χ0n) is 16.9. The summed E-state index contributed by atoms with van der Waals surface area (Å²) in [5, 5.41) is 2.73. The number of nitrogens with one attached hydrogen (secondary N) is 1. The summed E-state index contributed by atoms with van der Waals surface area (Å²) in [7, 11) is -3.62. The SMILES string of the molecule is CCN(CC)S(=O)(=O)c1cc(NC(=O)c2ccc(OC(C)C)nc2)ccc1C. The molecule has 1 heterocycles. The molecule has 0 aliphatic rings. The summed E-state index contributed by atoms with van der Waals surface area (Å²) in [6.07, 6.45) is 1.42. The quantitative estimate of drug-likeness (QED) is 0.727. The van der Waals surface area contributed by atoms with Gasteiger partial charge in [0.2, 0.25) is 15.9 Å². The van der Waals surface area contributed by atoms with Crippen LogP contribution in [0, 0.1) is 6.92 Å². The van der Waals surface area contributed by atoms with Gasteiger partial charge in [-0.25, -0.2) is 13.4 Å². The van der Waals surface area contributed by atoms with Crippen LogP contribution in [0.25, 0.3) is 0 Å². The molecule has 0 saturated carbocycles. The van der Waals surface area contributed by atoms with Gasteiger partial charge in [-0.2, -0.15) is 4.31 Å². The van der Waals surface area contributed by atoms with Crippen molar-refractivity contribution < 1.29 is 17.9 Å². The molecule has 0 saturated heterocycles. The van der Waals surface area contributed by atoms with Crippen molar-refractivity contribution in [3.05, 3.63) is 47.7 Å². The van der Waals surface area contributed by atoms with Crippen molar-refractivity contribution in [3.63, 3.8) is 0 Å². The van der Waals surface area contributed by atoms with Crippen LogP contribution in [0.15, 0.2) is 41.4 Å². The van der Waals surface area contributed by atoms with E-state index in [1.807, 2.05) is 13.8 Å². The lowest BCUT2D eigenvalue weighted by Crippen LogP contribution is -2.31. The molecule has 8 heteroatoms. The smallest absolute Gasteiger partial charge is 0.257 e. The number of rotatable bonds is 8. The molecule has 0 aliphatic heterocycles. The molecule has 1 N–H and O–H groups in total. The molecule has 1 amide bonds. The second-order valence-corrected chi connectivity index (χ2v) is 8.48. The van der Waals surface area contributed by atoms with Crippen molar-refractivity contribution in [1.82, 2.24) is 9.29 Å². The van der Waals surface area contributed by atoms with Gasteiger partial charge < -0.3 is 10.1 Å². The second-order valence-electron chi connectivity index (χ2n) is 6.58. The van der Waals surface area contributed by atoms with Gasteiger partial charge in [-0.1, -0.05) is 19.9 Å². The van der Waals surface area contributed by atoms with Crippen molar-refractivity contribution in [2.75, 3.05) is 18.4 Å². The van der Waals surface area contributed by atoms with Crippen LogP contribution in [0.3, 0.4) is 0 Å². The Kier molecular flexibility index (Phi) is 7.15. The number of amides is 1. The Hall–Kier alpha value is -2.45. The molecule has 1 aromatic heterocycles. The van der Waals surface area contributed by atoms with Gasteiger partial charge in [0.15, 0.2) is 0 Å². The third-order valence-electron chi connectivity index (χ3n) is 4.12. The number of carbonyl (C=O) groups is 1. The lowest BCUT2D eigenvalue weighted by molar-refractivity contribution is 0.102. The van der Waals surface area contributed by atoms with Crippen LogP contribution in [0.1, 0.15) is 43.6 Å². The summed E-state index contributed by atoms with van der Waals surface area (Å²) in [6, 6.07) is 8.09. The maximum atomic E-state index is 12.8. The number of benzene rings is 1. The molecule has 28 heavy (non-hydrogen) atoms. The summed E-state index contributed by atoms with van der Waals surface area (Å²) >= 11 is 0. The van der Waals surface area contributed by atoms with Crippen molar-refractivity contribution in [1.29, 1.82) is 0 Å². The number of aromatic nitrogens is 1. The van der Waals surface area contributed by atoms with Gasteiger partial charge in [0, 0.05) is 31.0 Å². The highest BCUT2D eigenvalue weighted by atomic mass is 32.2. The normalized spacial score (nSPS) is 11.7. The summed E-state index contributed by atoms with van der Waals surface area (Å²) in [4.78, 5) is 16.8. The Morgan fingerprint density at radius 1 is 1.18 bits per heavy atom. The molecule has 152 valence electrons. The molecular formula is C20H27N3O4S. The summed E-state index contributed by atoms with van der Waals surface area (Å²) in [5.74, 6) is 0.0631. The van der Waals surface area contributed by atoms with E-state index < -0.39 is 10.0 Å². The van der Waals surface area contributed by atoms with Crippen LogP contribution in [-0.4, -0.2) is 42.8 Å². The predicted molar refractivity (Wildman–Crippen MR) is 109 cm³/mol. The number of sulfonamides is 1. The first-order chi connectivity index (χ1) is 13.2. The van der Waals surface area contributed by atoms with E-state index in [2.05, 4.69) is 10.3 Å². The summed E-state index contributed by atoms with van der Waals surface area (Å²) < 4.78 is 32.5. The number of ether oxygens (including phenoxy) is 1. The lowest BCUT2D eigenvalue weighted by Gasteiger charge is -2.20. The fourth-order valence-electron chi connectivity index (χ4n) is 2.69. The average Bonchev–Trinajstić information content (AvgIpc) is 2.64. The Labute approximate surface area is 166 Å². The molecule has 2 aromatic rings. The Morgan fingerprint density at radius 3 is 2.39 bits per heavy atom. The van der Waals surface area contributed by atoms with E-state index in [0.717, 1.165) is 0 Å². The van der Waals surface area contributed by atoms with Gasteiger partial charge in [0.1, 0.15) is 0 Å². The zero-order chi connectivity index (χ0) is 20.9. The highest BCUT2D eigenvalue weighted by molar-refractivity contribution is 7.89. The maximum Gasteiger partial charge on any atom is 0.257 e. The highest BCUT2D eigenvalue weighted by Gasteiger charge is 2.24. The van der Waals surface area contributed by atoms with Crippen LogP contribution in [0.2, 0.25) is 0 Å². The topological polar surface area (TPSA) is 88.6 Å². The first kappa shape index (κ1) is 21.8. The zero-order valence-corrected chi connectivity index (χ0v) is 17.7. The van der Waals surface area contributed by atoms with Gasteiger partial charge in [-0.3, -0.25) is 4.79 Å². The third kappa shape index (κ3) is 5.08. The lowest BCUT2D eigenvalue weighted by atomic mass is 10.2. The number of hydrogen-bond acceptors (Lipinski definition) is 5. The molecule has 7 nitrogen and oxygen atoms in total. The minimum Gasteiger partial charge on any atom is -0.475 e. The van der Waals surface area contributed by atoms with E-state index >= 15 is 0 Å². The standard InChI is InChI=1S/C20H27N3O4S/c1-6-23(7-2)28(25,26)18-12-17(10-8-15(18)5)22-20(24)16-9-11-19(21-13-16)27-14(3)4/h8-14H,6-7H2,1-5H3,(H,22,24). The number of aryl methyl sites for hydroxylation is 1. The molecular weight excluding hydrogens is 378 g/mol. The van der Waals surface area contributed by atoms with E-state index in [4.69, 9.17) is 4.74 Å². The number of carbonyl (C=O) groups excluding carboxylic acids is 1. The summed E-state index contributed by atoms with van der Waals surface area (Å²) in [6.45, 7) is 9.87. The molecule has 0 fully saturated rings. The molecule has 0 spiro atoms. The number of nitrogens with zero attached hydrogens (tertiary/aromatic N) is 2. The number of pyridine rings is 1. The van der Waals surface area contributed by atoms with Gasteiger partial charge in [-0.15, -0.1) is 0 Å². The van der Waals surface area contributed by atoms with Crippen LogP contribution in [-0.2, 0) is 10.0 Å². The fraction of sp³-hybridized carbons (Fsp3) is 0.400. The van der Waals surface area contributed by atoms with E-state index in [0.29, 0.717) is 35.8 Å². The highest BCUT2D eigenvalue weighted by Crippen LogP contribution is 2.24. The van der Waals surface area contributed by atoms with Crippen molar-refractivity contribution in [2.24, 2.45) is 0 Å². The van der Waals surface area contributed by atoms with Crippen molar-refractivity contribution in [2.45, 2.75) is 45.6 Å². The maximum absolute atomic E-state index is 12.8. The minimum absolute atomic E-state index is 0.00841.